The molecule has 1 N–H and O–H groups in total. The average Bonchev–Trinajstić information content (AvgIpc) is 3.10. The van der Waals surface area contributed by atoms with Gasteiger partial charge < -0.3 is 9.42 Å². The fourth-order valence-electron chi connectivity index (χ4n) is 2.20. The lowest BCUT2D eigenvalue weighted by Crippen LogP contribution is -2.24. The predicted molar refractivity (Wildman–Crippen MR) is 73.7 cm³/mol. The molecule has 1 saturated carbocycles. The number of Topliss-reactive ketones (excluding diaryl/α,β-unsaturated/α-hetero) is 1. The van der Waals surface area contributed by atoms with E-state index in [1.807, 2.05) is 0 Å². The third kappa shape index (κ3) is 3.26. The Balaban J connectivity index is 2.15. The molecule has 1 atom stereocenters. The van der Waals surface area contributed by atoms with Gasteiger partial charge in [0.2, 0.25) is 0 Å². The molecule has 0 amide bonds. The van der Waals surface area contributed by atoms with Gasteiger partial charge in [0.1, 0.15) is 6.16 Å². The Morgan fingerprint density at radius 2 is 2.00 bits per heavy atom. The fourth-order valence-corrected chi connectivity index (χ4v) is 3.49. The molecule has 104 valence electrons. The highest BCUT2D eigenvalue weighted by Crippen LogP contribution is 2.53. The van der Waals surface area contributed by atoms with Crippen molar-refractivity contribution in [1.29, 1.82) is 0 Å². The first kappa shape index (κ1) is 14.7. The predicted octanol–water partition coefficient (Wildman–Crippen LogP) is 3.16. The van der Waals surface area contributed by atoms with Crippen LogP contribution in [0.4, 0.5) is 0 Å². The minimum atomic E-state index is -3.81. The number of benzene rings is 1. The molecule has 1 aromatic carbocycles. The molecule has 0 aromatic heterocycles. The molecule has 0 saturated heterocycles. The molecule has 6 heteroatoms. The maximum absolute atomic E-state index is 12.3. The van der Waals surface area contributed by atoms with Crippen molar-refractivity contribution >= 4 is 25.0 Å². The number of hydrogen-bond acceptors (Lipinski definition) is 3. The number of carbonyl (C=O) groups excluding carboxylic acids is 1. The highest BCUT2D eigenvalue weighted by molar-refractivity contribution is 7.53. The van der Waals surface area contributed by atoms with Crippen LogP contribution in [0.1, 0.15) is 25.3 Å². The van der Waals surface area contributed by atoms with E-state index in [-0.39, 0.29) is 12.4 Å². The molecule has 1 aromatic rings. The molecule has 0 spiro atoms. The summed E-state index contributed by atoms with van der Waals surface area (Å²) in [6.45, 7) is 1.74. The summed E-state index contributed by atoms with van der Waals surface area (Å²) in [6.07, 6.45) is 0.989. The van der Waals surface area contributed by atoms with Crippen LogP contribution in [-0.4, -0.2) is 23.4 Å². The number of carbonyl (C=O) groups is 1. The Hall–Kier alpha value is -0.670. The quantitative estimate of drug-likeness (QED) is 0.820. The summed E-state index contributed by atoms with van der Waals surface area (Å²) in [4.78, 5) is 21.8. The Morgan fingerprint density at radius 3 is 2.47 bits per heavy atom. The van der Waals surface area contributed by atoms with Gasteiger partial charge in [-0.15, -0.1) is 0 Å². The van der Waals surface area contributed by atoms with E-state index in [0.717, 1.165) is 5.56 Å². The molecule has 0 radical (unpaired) electrons. The molecule has 1 fully saturated rings. The zero-order valence-electron chi connectivity index (χ0n) is 10.6. The van der Waals surface area contributed by atoms with Crippen molar-refractivity contribution in [2.24, 2.45) is 0 Å². The van der Waals surface area contributed by atoms with E-state index in [1.165, 1.54) is 0 Å². The summed E-state index contributed by atoms with van der Waals surface area (Å²) < 4.78 is 16.4. The van der Waals surface area contributed by atoms with Gasteiger partial charge in [-0.05, 0) is 37.5 Å². The van der Waals surface area contributed by atoms with Crippen molar-refractivity contribution in [1.82, 2.24) is 0 Å². The van der Waals surface area contributed by atoms with E-state index in [2.05, 4.69) is 0 Å². The van der Waals surface area contributed by atoms with Gasteiger partial charge >= 0.3 is 7.60 Å². The first-order chi connectivity index (χ1) is 8.89. The van der Waals surface area contributed by atoms with Crippen LogP contribution in [-0.2, 0) is 19.3 Å². The molecular formula is C13H16ClO4P. The molecule has 1 aliphatic rings. The van der Waals surface area contributed by atoms with Crippen LogP contribution in [0.25, 0.3) is 0 Å². The Bertz CT molecular complexity index is 522. The van der Waals surface area contributed by atoms with E-state index in [9.17, 15) is 14.3 Å². The van der Waals surface area contributed by atoms with Gasteiger partial charge in [0.15, 0.2) is 5.78 Å². The largest absolute Gasteiger partial charge is 0.335 e. The lowest BCUT2D eigenvalue weighted by Gasteiger charge is -2.17. The summed E-state index contributed by atoms with van der Waals surface area (Å²) in [5, 5.41) is 0.606. The molecule has 0 aliphatic heterocycles. The SMILES string of the molecule is CCOP(=O)(O)CC(=O)C1(c2ccc(Cl)cc2)CC1. The van der Waals surface area contributed by atoms with Crippen LogP contribution >= 0.6 is 19.2 Å². The van der Waals surface area contributed by atoms with Gasteiger partial charge in [0.25, 0.3) is 0 Å². The number of hydrogen-bond donors (Lipinski definition) is 1. The van der Waals surface area contributed by atoms with Crippen LogP contribution in [0.5, 0.6) is 0 Å². The minimum absolute atomic E-state index is 0.120. The second kappa shape index (κ2) is 5.37. The van der Waals surface area contributed by atoms with Crippen molar-refractivity contribution in [3.8, 4) is 0 Å². The van der Waals surface area contributed by atoms with Gasteiger partial charge in [-0.3, -0.25) is 9.36 Å². The molecule has 4 nitrogen and oxygen atoms in total. The standard InChI is InChI=1S/C13H16ClO4P/c1-2-18-19(16,17)9-12(15)13(7-8-13)10-3-5-11(14)6-4-10/h3-6H,2,7-9H2,1H3,(H,16,17). The van der Waals surface area contributed by atoms with E-state index in [1.54, 1.807) is 31.2 Å². The van der Waals surface area contributed by atoms with Crippen LogP contribution in [0.15, 0.2) is 24.3 Å². The van der Waals surface area contributed by atoms with E-state index < -0.39 is 19.2 Å². The highest BCUT2D eigenvalue weighted by atomic mass is 35.5. The second-order valence-electron chi connectivity index (χ2n) is 4.73. The van der Waals surface area contributed by atoms with Crippen molar-refractivity contribution in [3.63, 3.8) is 0 Å². The van der Waals surface area contributed by atoms with E-state index >= 15 is 0 Å². The number of halogens is 1. The number of rotatable bonds is 6. The van der Waals surface area contributed by atoms with Crippen LogP contribution < -0.4 is 0 Å². The molecule has 1 aliphatic carbocycles. The third-order valence-corrected chi connectivity index (χ3v) is 4.96. The third-order valence-electron chi connectivity index (χ3n) is 3.35. The Morgan fingerprint density at radius 1 is 1.42 bits per heavy atom. The summed E-state index contributed by atoms with van der Waals surface area (Å²) in [5.41, 5.74) is 0.249. The zero-order chi connectivity index (χ0) is 14.1. The van der Waals surface area contributed by atoms with Gasteiger partial charge in [0.05, 0.1) is 12.0 Å². The Kier molecular flexibility index (Phi) is 4.17. The second-order valence-corrected chi connectivity index (χ2v) is 7.01. The van der Waals surface area contributed by atoms with E-state index in [0.29, 0.717) is 17.9 Å². The summed E-state index contributed by atoms with van der Waals surface area (Å²) in [5.74, 6) is -0.228. The summed E-state index contributed by atoms with van der Waals surface area (Å²) in [7, 11) is -3.81. The van der Waals surface area contributed by atoms with Gasteiger partial charge in [-0.1, -0.05) is 23.7 Å². The first-order valence-electron chi connectivity index (χ1n) is 6.15. The lowest BCUT2D eigenvalue weighted by molar-refractivity contribution is -0.119. The summed E-state index contributed by atoms with van der Waals surface area (Å²) >= 11 is 5.82. The monoisotopic (exact) mass is 302 g/mol. The molecular weight excluding hydrogens is 287 g/mol. The van der Waals surface area contributed by atoms with E-state index in [4.69, 9.17) is 16.1 Å². The minimum Gasteiger partial charge on any atom is -0.324 e. The Labute approximate surface area is 117 Å². The molecule has 1 unspecified atom stereocenters. The van der Waals surface area contributed by atoms with Crippen LogP contribution in [0.2, 0.25) is 5.02 Å². The van der Waals surface area contributed by atoms with Crippen molar-refractivity contribution in [3.05, 3.63) is 34.9 Å². The van der Waals surface area contributed by atoms with Crippen LogP contribution in [0, 0.1) is 0 Å². The smallest absolute Gasteiger partial charge is 0.324 e. The first-order valence-corrected chi connectivity index (χ1v) is 8.29. The van der Waals surface area contributed by atoms with Gasteiger partial charge in [0, 0.05) is 5.02 Å². The van der Waals surface area contributed by atoms with Crippen LogP contribution in [0.3, 0.4) is 0 Å². The molecule has 2 rings (SSSR count). The van der Waals surface area contributed by atoms with Crippen molar-refractivity contribution in [2.75, 3.05) is 12.8 Å². The molecule has 0 bridgehead atoms. The lowest BCUT2D eigenvalue weighted by atomic mass is 9.92. The zero-order valence-corrected chi connectivity index (χ0v) is 12.3. The molecule has 19 heavy (non-hydrogen) atoms. The molecule has 0 heterocycles. The normalized spacial score (nSPS) is 19.7. The topological polar surface area (TPSA) is 63.6 Å². The summed E-state index contributed by atoms with van der Waals surface area (Å²) in [6, 6.07) is 7.06. The highest BCUT2D eigenvalue weighted by Gasteiger charge is 2.52. The van der Waals surface area contributed by atoms with Crippen molar-refractivity contribution in [2.45, 2.75) is 25.2 Å². The van der Waals surface area contributed by atoms with Gasteiger partial charge in [-0.2, -0.15) is 0 Å². The fraction of sp³-hybridized carbons (Fsp3) is 0.462. The maximum Gasteiger partial charge on any atom is 0.335 e. The van der Waals surface area contributed by atoms with Gasteiger partial charge in [-0.25, -0.2) is 0 Å². The maximum atomic E-state index is 12.3. The average molecular weight is 303 g/mol. The van der Waals surface area contributed by atoms with Crippen molar-refractivity contribution < 1.29 is 18.8 Å². The number of ketones is 1.